The number of hydrogen-bond acceptors (Lipinski definition) is 4. The van der Waals surface area contributed by atoms with Crippen LogP contribution in [0.15, 0.2) is 53.9 Å². The molecule has 1 saturated heterocycles. The van der Waals surface area contributed by atoms with Gasteiger partial charge in [0.2, 0.25) is 0 Å². The summed E-state index contributed by atoms with van der Waals surface area (Å²) in [6, 6.07) is 16.4. The Labute approximate surface area is 218 Å². The summed E-state index contributed by atoms with van der Waals surface area (Å²) in [5.41, 5.74) is 4.67. The molecule has 5 nitrogen and oxygen atoms in total. The molecule has 2 heterocycles. The standard InChI is InChI=1S/C28H34N4OS2/c1-4-20-9-11-21(12-10-20)23-7-5-6-8-24(23)30-26(33)25-18-35-27(31-25)22-13-15-32(16-14-22)28(34)29-17-19(2)3/h5-12,18-19,22H,4,13-17H2,1-3H3,(H,29,34)(H,30,33). The smallest absolute Gasteiger partial charge is 0.275 e. The van der Waals surface area contributed by atoms with Gasteiger partial charge in [0, 0.05) is 42.2 Å². The van der Waals surface area contributed by atoms with Crippen molar-refractivity contribution in [2.75, 3.05) is 25.0 Å². The summed E-state index contributed by atoms with van der Waals surface area (Å²) >= 11 is 7.14. The molecule has 1 aromatic heterocycles. The normalized spacial score (nSPS) is 14.2. The van der Waals surface area contributed by atoms with Crippen LogP contribution in [0.2, 0.25) is 0 Å². The number of para-hydroxylation sites is 1. The number of piperidine rings is 1. The Hall–Kier alpha value is -2.77. The Morgan fingerprint density at radius 3 is 2.54 bits per heavy atom. The van der Waals surface area contributed by atoms with Crippen LogP contribution in [-0.4, -0.2) is 40.5 Å². The van der Waals surface area contributed by atoms with Gasteiger partial charge >= 0.3 is 0 Å². The first-order chi connectivity index (χ1) is 16.9. The summed E-state index contributed by atoms with van der Waals surface area (Å²) in [5.74, 6) is 0.774. The highest BCUT2D eigenvalue weighted by molar-refractivity contribution is 7.80. The fraction of sp³-hybridized carbons (Fsp3) is 0.393. The Balaban J connectivity index is 1.38. The third-order valence-corrected chi connectivity index (χ3v) is 7.81. The number of hydrogen-bond donors (Lipinski definition) is 2. The van der Waals surface area contributed by atoms with Gasteiger partial charge in [-0.05, 0) is 54.6 Å². The highest BCUT2D eigenvalue weighted by Crippen LogP contribution is 2.32. The zero-order valence-electron chi connectivity index (χ0n) is 20.7. The summed E-state index contributed by atoms with van der Waals surface area (Å²) in [6.45, 7) is 9.24. The van der Waals surface area contributed by atoms with Gasteiger partial charge in [-0.15, -0.1) is 11.3 Å². The van der Waals surface area contributed by atoms with Crippen LogP contribution in [0.1, 0.15) is 60.6 Å². The third kappa shape index (κ3) is 6.47. The fourth-order valence-corrected chi connectivity index (χ4v) is 5.50. The minimum atomic E-state index is -0.165. The summed E-state index contributed by atoms with van der Waals surface area (Å²) < 4.78 is 0. The number of anilines is 1. The summed E-state index contributed by atoms with van der Waals surface area (Å²) in [5, 5.41) is 10.2. The van der Waals surface area contributed by atoms with E-state index in [9.17, 15) is 4.79 Å². The Morgan fingerprint density at radius 1 is 1.14 bits per heavy atom. The number of rotatable bonds is 7. The van der Waals surface area contributed by atoms with Crippen molar-refractivity contribution >= 4 is 40.3 Å². The lowest BCUT2D eigenvalue weighted by Crippen LogP contribution is -2.44. The number of thiocarbonyl (C=S) groups is 1. The Morgan fingerprint density at radius 2 is 1.86 bits per heavy atom. The van der Waals surface area contributed by atoms with Crippen LogP contribution in [0, 0.1) is 5.92 Å². The second-order valence-corrected chi connectivity index (χ2v) is 10.7. The van der Waals surface area contributed by atoms with Gasteiger partial charge < -0.3 is 15.5 Å². The molecule has 7 heteroatoms. The molecule has 0 bridgehead atoms. The van der Waals surface area contributed by atoms with Gasteiger partial charge in [0.1, 0.15) is 5.69 Å². The van der Waals surface area contributed by atoms with E-state index in [0.717, 1.165) is 65.8 Å². The van der Waals surface area contributed by atoms with E-state index in [1.807, 2.05) is 29.6 Å². The minimum absolute atomic E-state index is 0.165. The highest BCUT2D eigenvalue weighted by atomic mass is 32.1. The first-order valence-corrected chi connectivity index (χ1v) is 13.7. The second-order valence-electron chi connectivity index (χ2n) is 9.46. The first kappa shape index (κ1) is 25.3. The number of carbonyl (C=O) groups excluding carboxylic acids is 1. The van der Waals surface area contributed by atoms with E-state index < -0.39 is 0 Å². The predicted octanol–water partition coefficient (Wildman–Crippen LogP) is 6.33. The largest absolute Gasteiger partial charge is 0.362 e. The monoisotopic (exact) mass is 506 g/mol. The number of carbonyl (C=O) groups is 1. The maximum Gasteiger partial charge on any atom is 0.275 e. The molecule has 2 N–H and O–H groups in total. The van der Waals surface area contributed by atoms with Gasteiger partial charge in [-0.2, -0.15) is 0 Å². The van der Waals surface area contributed by atoms with E-state index in [1.54, 1.807) is 11.3 Å². The number of nitrogens with one attached hydrogen (secondary N) is 2. The Kier molecular flexibility index (Phi) is 8.52. The lowest BCUT2D eigenvalue weighted by molar-refractivity contribution is 0.102. The zero-order chi connectivity index (χ0) is 24.8. The SMILES string of the molecule is CCc1ccc(-c2ccccc2NC(=O)c2csc(C3CCN(C(=S)NCC(C)C)CC3)n2)cc1. The summed E-state index contributed by atoms with van der Waals surface area (Å²) in [6.07, 6.45) is 2.99. The molecule has 4 rings (SSSR count). The van der Waals surface area contributed by atoms with E-state index in [1.165, 1.54) is 5.56 Å². The lowest BCUT2D eigenvalue weighted by atomic mass is 9.98. The first-order valence-electron chi connectivity index (χ1n) is 12.4. The van der Waals surface area contributed by atoms with Gasteiger partial charge in [0.15, 0.2) is 5.11 Å². The van der Waals surface area contributed by atoms with Gasteiger partial charge in [0.25, 0.3) is 5.91 Å². The molecular formula is C28H34N4OS2. The zero-order valence-corrected chi connectivity index (χ0v) is 22.3. The van der Waals surface area contributed by atoms with Crippen LogP contribution >= 0.6 is 23.6 Å². The van der Waals surface area contributed by atoms with Crippen molar-refractivity contribution < 1.29 is 4.79 Å². The van der Waals surface area contributed by atoms with Crippen molar-refractivity contribution in [3.05, 3.63) is 70.2 Å². The molecule has 0 radical (unpaired) electrons. The van der Waals surface area contributed by atoms with E-state index in [0.29, 0.717) is 17.5 Å². The molecule has 0 spiro atoms. The van der Waals surface area contributed by atoms with Crippen molar-refractivity contribution in [3.8, 4) is 11.1 Å². The molecular weight excluding hydrogens is 472 g/mol. The molecule has 3 aromatic rings. The van der Waals surface area contributed by atoms with Crippen molar-refractivity contribution in [2.45, 2.75) is 46.0 Å². The van der Waals surface area contributed by atoms with Crippen LogP contribution in [0.4, 0.5) is 5.69 Å². The second kappa shape index (κ2) is 11.8. The van der Waals surface area contributed by atoms with Crippen LogP contribution in [0.25, 0.3) is 11.1 Å². The summed E-state index contributed by atoms with van der Waals surface area (Å²) in [7, 11) is 0. The molecule has 0 atom stereocenters. The number of nitrogens with zero attached hydrogens (tertiary/aromatic N) is 2. The number of benzene rings is 2. The van der Waals surface area contributed by atoms with E-state index in [4.69, 9.17) is 17.2 Å². The predicted molar refractivity (Wildman–Crippen MR) is 150 cm³/mol. The third-order valence-electron chi connectivity index (χ3n) is 6.40. The number of aromatic nitrogens is 1. The average molecular weight is 507 g/mol. The number of aryl methyl sites for hydroxylation is 1. The molecule has 1 amide bonds. The summed E-state index contributed by atoms with van der Waals surface area (Å²) in [4.78, 5) is 20.0. The van der Waals surface area contributed by atoms with Gasteiger partial charge in [-0.1, -0.05) is 63.2 Å². The average Bonchev–Trinajstić information content (AvgIpc) is 3.38. The molecule has 1 aliphatic heterocycles. The molecule has 2 aromatic carbocycles. The quantitative estimate of drug-likeness (QED) is 0.367. The molecule has 0 aliphatic carbocycles. The molecule has 184 valence electrons. The number of amides is 1. The molecule has 1 fully saturated rings. The number of likely N-dealkylation sites (tertiary alicyclic amines) is 1. The van der Waals surface area contributed by atoms with Crippen LogP contribution < -0.4 is 10.6 Å². The van der Waals surface area contributed by atoms with Gasteiger partial charge in [0.05, 0.1) is 5.01 Å². The minimum Gasteiger partial charge on any atom is -0.362 e. The van der Waals surface area contributed by atoms with E-state index in [2.05, 4.69) is 60.6 Å². The fourth-order valence-electron chi connectivity index (χ4n) is 4.26. The topological polar surface area (TPSA) is 57.3 Å². The van der Waals surface area contributed by atoms with Crippen LogP contribution in [0.5, 0.6) is 0 Å². The van der Waals surface area contributed by atoms with E-state index >= 15 is 0 Å². The van der Waals surface area contributed by atoms with Crippen molar-refractivity contribution in [1.29, 1.82) is 0 Å². The van der Waals surface area contributed by atoms with Crippen molar-refractivity contribution in [2.24, 2.45) is 5.92 Å². The van der Waals surface area contributed by atoms with E-state index in [-0.39, 0.29) is 5.91 Å². The van der Waals surface area contributed by atoms with Crippen molar-refractivity contribution in [3.63, 3.8) is 0 Å². The molecule has 0 saturated carbocycles. The van der Waals surface area contributed by atoms with Crippen LogP contribution in [-0.2, 0) is 6.42 Å². The lowest BCUT2D eigenvalue weighted by Gasteiger charge is -2.33. The molecule has 1 aliphatic rings. The van der Waals surface area contributed by atoms with Crippen molar-refractivity contribution in [1.82, 2.24) is 15.2 Å². The highest BCUT2D eigenvalue weighted by Gasteiger charge is 2.25. The number of thiazole rings is 1. The maximum absolute atomic E-state index is 13.1. The van der Waals surface area contributed by atoms with Crippen LogP contribution in [0.3, 0.4) is 0 Å². The molecule has 0 unspecified atom stereocenters. The Bertz CT molecular complexity index is 1150. The maximum atomic E-state index is 13.1. The van der Waals surface area contributed by atoms with Gasteiger partial charge in [-0.3, -0.25) is 4.79 Å². The van der Waals surface area contributed by atoms with Gasteiger partial charge in [-0.25, -0.2) is 4.98 Å². The molecule has 35 heavy (non-hydrogen) atoms.